The van der Waals surface area contributed by atoms with Crippen LogP contribution >= 0.6 is 11.8 Å². The molecular weight excluding hydrogens is 368 g/mol. The summed E-state index contributed by atoms with van der Waals surface area (Å²) in [5, 5.41) is 12.0. The van der Waals surface area contributed by atoms with Crippen LogP contribution < -0.4 is 5.32 Å². The molecule has 28 heavy (non-hydrogen) atoms. The number of hydrogen-bond acceptors (Lipinski definition) is 4. The molecule has 0 fully saturated rings. The van der Waals surface area contributed by atoms with E-state index < -0.39 is 0 Å². The minimum absolute atomic E-state index is 0.0334. The van der Waals surface area contributed by atoms with Gasteiger partial charge in [-0.05, 0) is 55.9 Å². The Morgan fingerprint density at radius 2 is 2.00 bits per heavy atom. The van der Waals surface area contributed by atoms with Crippen molar-refractivity contribution in [1.82, 2.24) is 20.1 Å². The van der Waals surface area contributed by atoms with E-state index in [4.69, 9.17) is 0 Å². The van der Waals surface area contributed by atoms with Crippen molar-refractivity contribution in [2.24, 2.45) is 0 Å². The minimum atomic E-state index is -0.263. The van der Waals surface area contributed by atoms with E-state index in [0.717, 1.165) is 35.7 Å². The summed E-state index contributed by atoms with van der Waals surface area (Å²) in [6.07, 6.45) is 4.88. The molecule has 1 aliphatic rings. The number of rotatable bonds is 5. The van der Waals surface area contributed by atoms with Crippen LogP contribution in [-0.4, -0.2) is 25.9 Å². The summed E-state index contributed by atoms with van der Waals surface area (Å²) in [4.78, 5) is 12.9. The number of aryl methyl sites for hydroxylation is 2. The molecule has 1 amide bonds. The van der Waals surface area contributed by atoms with Gasteiger partial charge in [-0.25, -0.2) is 0 Å². The zero-order valence-corrected chi connectivity index (χ0v) is 16.9. The lowest BCUT2D eigenvalue weighted by molar-refractivity contribution is -0.121. The van der Waals surface area contributed by atoms with Crippen LogP contribution in [-0.2, 0) is 11.2 Å². The zero-order valence-electron chi connectivity index (χ0n) is 16.1. The molecule has 1 heterocycles. The van der Waals surface area contributed by atoms with E-state index in [2.05, 4.69) is 46.7 Å². The van der Waals surface area contributed by atoms with Gasteiger partial charge in [0, 0.05) is 0 Å². The molecule has 144 valence electrons. The molecule has 0 radical (unpaired) electrons. The zero-order chi connectivity index (χ0) is 19.5. The van der Waals surface area contributed by atoms with Gasteiger partial charge in [-0.15, -0.1) is 10.2 Å². The van der Waals surface area contributed by atoms with Gasteiger partial charge in [0.2, 0.25) is 5.91 Å². The molecule has 1 aromatic heterocycles. The van der Waals surface area contributed by atoms with Gasteiger partial charge in [0.05, 0.1) is 17.0 Å². The van der Waals surface area contributed by atoms with Crippen molar-refractivity contribution in [3.8, 4) is 5.69 Å². The average molecular weight is 393 g/mol. The number of nitrogens with one attached hydrogen (secondary N) is 1. The maximum atomic E-state index is 12.9. The summed E-state index contributed by atoms with van der Waals surface area (Å²) in [6, 6.07) is 16.6. The van der Waals surface area contributed by atoms with Crippen LogP contribution in [0.5, 0.6) is 0 Å². The third-order valence-electron chi connectivity index (χ3n) is 5.23. The molecule has 0 saturated heterocycles. The Labute approximate surface area is 169 Å². The highest BCUT2D eigenvalue weighted by atomic mass is 32.2. The van der Waals surface area contributed by atoms with E-state index in [9.17, 15) is 4.79 Å². The fraction of sp³-hybridized carbons (Fsp3) is 0.318. The van der Waals surface area contributed by atoms with Gasteiger partial charge in [0.25, 0.3) is 0 Å². The van der Waals surface area contributed by atoms with E-state index in [1.807, 2.05) is 35.8 Å². The fourth-order valence-corrected chi connectivity index (χ4v) is 4.55. The van der Waals surface area contributed by atoms with Gasteiger partial charge in [0.15, 0.2) is 5.16 Å². The Bertz CT molecular complexity index is 984. The first-order valence-corrected chi connectivity index (χ1v) is 10.5. The summed E-state index contributed by atoms with van der Waals surface area (Å²) in [7, 11) is 0. The van der Waals surface area contributed by atoms with Gasteiger partial charge in [0.1, 0.15) is 6.33 Å². The van der Waals surface area contributed by atoms with Crippen LogP contribution in [0.3, 0.4) is 0 Å². The highest BCUT2D eigenvalue weighted by molar-refractivity contribution is 8.00. The molecule has 0 unspecified atom stereocenters. The first kappa shape index (κ1) is 18.7. The SMILES string of the molecule is Cc1ccccc1-n1cnnc1S[C@@H](C)C(=O)N[C@@H]1CCCc2ccccc21. The molecule has 0 spiro atoms. The van der Waals surface area contributed by atoms with Crippen LogP contribution in [0.1, 0.15) is 42.5 Å². The van der Waals surface area contributed by atoms with E-state index in [-0.39, 0.29) is 17.2 Å². The second-order valence-electron chi connectivity index (χ2n) is 7.18. The molecule has 0 saturated carbocycles. The van der Waals surface area contributed by atoms with Crippen molar-refractivity contribution in [3.05, 3.63) is 71.5 Å². The summed E-state index contributed by atoms with van der Waals surface area (Å²) in [6.45, 7) is 3.98. The van der Waals surface area contributed by atoms with Crippen molar-refractivity contribution in [2.75, 3.05) is 0 Å². The first-order chi connectivity index (χ1) is 13.6. The Kier molecular flexibility index (Phi) is 5.48. The Morgan fingerprint density at radius 1 is 1.21 bits per heavy atom. The standard InChI is InChI=1S/C22H24N4OS/c1-15-8-3-6-13-20(15)26-14-23-25-22(26)28-16(2)21(27)24-19-12-7-10-17-9-4-5-11-18(17)19/h3-6,8-9,11,13-14,16,19H,7,10,12H2,1-2H3,(H,24,27)/t16-,19+/m0/s1. The van der Waals surface area contributed by atoms with Crippen LogP contribution in [0.2, 0.25) is 0 Å². The molecule has 3 aromatic rings. The topological polar surface area (TPSA) is 59.8 Å². The summed E-state index contributed by atoms with van der Waals surface area (Å²) >= 11 is 1.44. The smallest absolute Gasteiger partial charge is 0.233 e. The van der Waals surface area contributed by atoms with Gasteiger partial charge in [-0.2, -0.15) is 0 Å². The molecule has 1 aliphatic carbocycles. The van der Waals surface area contributed by atoms with Crippen LogP contribution in [0.25, 0.3) is 5.69 Å². The largest absolute Gasteiger partial charge is 0.348 e. The van der Waals surface area contributed by atoms with Gasteiger partial charge in [-0.3, -0.25) is 9.36 Å². The van der Waals surface area contributed by atoms with Crippen molar-refractivity contribution in [1.29, 1.82) is 0 Å². The van der Waals surface area contributed by atoms with E-state index >= 15 is 0 Å². The first-order valence-electron chi connectivity index (χ1n) is 9.64. The molecular formula is C22H24N4OS. The molecule has 5 nitrogen and oxygen atoms in total. The highest BCUT2D eigenvalue weighted by Gasteiger charge is 2.25. The van der Waals surface area contributed by atoms with Gasteiger partial charge < -0.3 is 5.32 Å². The molecule has 1 N–H and O–H groups in total. The molecule has 4 rings (SSSR count). The Morgan fingerprint density at radius 3 is 2.86 bits per heavy atom. The van der Waals surface area contributed by atoms with Gasteiger partial charge in [-0.1, -0.05) is 54.2 Å². The van der Waals surface area contributed by atoms with E-state index in [1.54, 1.807) is 6.33 Å². The molecule has 2 aromatic carbocycles. The monoisotopic (exact) mass is 392 g/mol. The second-order valence-corrected chi connectivity index (χ2v) is 8.49. The Balaban J connectivity index is 1.47. The van der Waals surface area contributed by atoms with E-state index in [0.29, 0.717) is 0 Å². The Hall–Kier alpha value is -2.60. The van der Waals surface area contributed by atoms with Crippen LogP contribution in [0, 0.1) is 6.92 Å². The summed E-state index contributed by atoms with van der Waals surface area (Å²) in [5.41, 5.74) is 4.77. The number of carbonyl (C=O) groups excluding carboxylic acids is 1. The average Bonchev–Trinajstić information content (AvgIpc) is 3.16. The second kappa shape index (κ2) is 8.19. The van der Waals surface area contributed by atoms with Crippen molar-refractivity contribution >= 4 is 17.7 Å². The van der Waals surface area contributed by atoms with Crippen LogP contribution in [0.15, 0.2) is 60.0 Å². The normalized spacial score (nSPS) is 17.0. The number of para-hydroxylation sites is 1. The maximum Gasteiger partial charge on any atom is 0.233 e. The van der Waals surface area contributed by atoms with Crippen LogP contribution in [0.4, 0.5) is 0 Å². The number of benzene rings is 2. The lowest BCUT2D eigenvalue weighted by Gasteiger charge is -2.27. The minimum Gasteiger partial charge on any atom is -0.348 e. The number of nitrogens with zero attached hydrogens (tertiary/aromatic N) is 3. The highest BCUT2D eigenvalue weighted by Crippen LogP contribution is 2.31. The number of carbonyl (C=O) groups is 1. The third kappa shape index (κ3) is 3.83. The predicted octanol–water partition coefficient (Wildman–Crippen LogP) is 4.25. The number of thioether (sulfide) groups is 1. The van der Waals surface area contributed by atoms with Crippen molar-refractivity contribution in [3.63, 3.8) is 0 Å². The molecule has 6 heteroatoms. The third-order valence-corrected chi connectivity index (χ3v) is 6.29. The lowest BCUT2D eigenvalue weighted by Crippen LogP contribution is -2.36. The molecule has 0 bridgehead atoms. The van der Waals surface area contributed by atoms with E-state index in [1.165, 1.54) is 22.9 Å². The number of amides is 1. The van der Waals surface area contributed by atoms with Crippen molar-refractivity contribution < 1.29 is 4.79 Å². The summed E-state index contributed by atoms with van der Waals surface area (Å²) < 4.78 is 1.94. The quantitative estimate of drug-likeness (QED) is 0.660. The van der Waals surface area contributed by atoms with Gasteiger partial charge >= 0.3 is 0 Å². The number of aromatic nitrogens is 3. The number of hydrogen-bond donors (Lipinski definition) is 1. The fourth-order valence-electron chi connectivity index (χ4n) is 3.71. The molecule has 0 aliphatic heterocycles. The maximum absolute atomic E-state index is 12.9. The lowest BCUT2D eigenvalue weighted by atomic mass is 9.88. The summed E-state index contributed by atoms with van der Waals surface area (Å²) in [5.74, 6) is 0.0334. The van der Waals surface area contributed by atoms with Crippen molar-refractivity contribution in [2.45, 2.75) is 49.6 Å². The number of fused-ring (bicyclic) bond motifs is 1. The molecule has 2 atom stereocenters. The predicted molar refractivity (Wildman–Crippen MR) is 112 cm³/mol.